The number of hydrogen-bond donors (Lipinski definition) is 0. The quantitative estimate of drug-likeness (QED) is 0.413. The zero-order chi connectivity index (χ0) is 10.6. The minimum absolute atomic E-state index is 0.329. The molecule has 0 radical (unpaired) electrons. The number of aliphatic carboxylic acids is 1. The summed E-state index contributed by atoms with van der Waals surface area (Å²) in [7, 11) is 6.68. The second-order valence-electron chi connectivity index (χ2n) is 2.86. The van der Waals surface area contributed by atoms with Crippen LogP contribution < -0.4 is 5.11 Å². The predicted octanol–water partition coefficient (Wildman–Crippen LogP) is -1.05. The molecule has 0 bridgehead atoms. The molecule has 0 saturated carbocycles. The van der Waals surface area contributed by atoms with Gasteiger partial charge in [-0.2, -0.15) is 0 Å². The summed E-state index contributed by atoms with van der Waals surface area (Å²) in [6.45, 7) is 6.70. The molecule has 0 atom stereocenters. The Morgan fingerprint density at radius 2 is 1.62 bits per heavy atom. The average Bonchev–Trinajstić information content (AvgIpc) is 1.97. The van der Waals surface area contributed by atoms with Gasteiger partial charge in [0.1, 0.15) is 5.82 Å². The van der Waals surface area contributed by atoms with Crippen molar-refractivity contribution in [1.29, 1.82) is 0 Å². The molecule has 5 nitrogen and oxygen atoms in total. The van der Waals surface area contributed by atoms with Gasteiger partial charge < -0.3 is 19.7 Å². The molecule has 0 amide bonds. The lowest BCUT2D eigenvalue weighted by Crippen LogP contribution is -2.32. The van der Waals surface area contributed by atoms with Crippen LogP contribution in [0.25, 0.3) is 4.85 Å². The maximum Gasteiger partial charge on any atom is 0.248 e. The Balaban J connectivity index is 5.30. The molecule has 0 rings (SSSR count). The first-order valence-corrected chi connectivity index (χ1v) is 3.59. The number of nitrogens with zero attached hydrogens (tertiary/aromatic N) is 3. The van der Waals surface area contributed by atoms with E-state index in [0.29, 0.717) is 5.82 Å². The van der Waals surface area contributed by atoms with E-state index in [-0.39, 0.29) is 5.70 Å². The molecule has 0 unspecified atom stereocenters. The Bertz CT molecular complexity index is 264. The molecule has 72 valence electrons. The van der Waals surface area contributed by atoms with Crippen LogP contribution in [0.15, 0.2) is 11.5 Å². The molecule has 0 aromatic carbocycles. The maximum absolute atomic E-state index is 10.5. The van der Waals surface area contributed by atoms with Gasteiger partial charge in [0.2, 0.25) is 5.70 Å². The highest BCUT2D eigenvalue weighted by Crippen LogP contribution is 2.10. The molecule has 0 aliphatic carbocycles. The van der Waals surface area contributed by atoms with Crippen molar-refractivity contribution in [2.45, 2.75) is 0 Å². The molecule has 0 aliphatic heterocycles. The third-order valence-electron chi connectivity index (χ3n) is 1.36. The van der Waals surface area contributed by atoms with Crippen LogP contribution in [0.5, 0.6) is 0 Å². The summed E-state index contributed by atoms with van der Waals surface area (Å²) < 4.78 is 0. The van der Waals surface area contributed by atoms with E-state index < -0.39 is 5.97 Å². The van der Waals surface area contributed by atoms with E-state index in [1.807, 2.05) is 0 Å². The number of carboxylic acids is 1. The van der Waals surface area contributed by atoms with E-state index >= 15 is 0 Å². The van der Waals surface area contributed by atoms with Crippen molar-refractivity contribution in [2.75, 3.05) is 28.2 Å². The number of rotatable bonds is 3. The summed E-state index contributed by atoms with van der Waals surface area (Å²) in [5, 5.41) is 10.5. The van der Waals surface area contributed by atoms with Crippen LogP contribution in [0, 0.1) is 6.57 Å². The largest absolute Gasteiger partial charge is 0.558 e. The Hall–Kier alpha value is -1.70. The lowest BCUT2D eigenvalue weighted by molar-refractivity contribution is -0.299. The van der Waals surface area contributed by atoms with Crippen molar-refractivity contribution in [2.24, 2.45) is 0 Å². The zero-order valence-electron chi connectivity index (χ0n) is 8.16. The van der Waals surface area contributed by atoms with Crippen LogP contribution in [-0.4, -0.2) is 44.0 Å². The minimum Gasteiger partial charge on any atom is -0.558 e. The average molecular weight is 182 g/mol. The van der Waals surface area contributed by atoms with Gasteiger partial charge in [-0.25, -0.2) is 4.85 Å². The lowest BCUT2D eigenvalue weighted by atomic mass is 10.4. The maximum atomic E-state index is 10.5. The normalized spacial score (nSPS) is 8.54. The molecule has 0 N–H and O–H groups in total. The van der Waals surface area contributed by atoms with Gasteiger partial charge in [-0.1, -0.05) is 0 Å². The Morgan fingerprint density at radius 1 is 1.23 bits per heavy atom. The van der Waals surface area contributed by atoms with Gasteiger partial charge in [-0.3, -0.25) is 0 Å². The molecule has 5 heteroatoms. The fraction of sp³-hybridized carbons (Fsp3) is 0.500. The van der Waals surface area contributed by atoms with E-state index in [0.717, 1.165) is 0 Å². The van der Waals surface area contributed by atoms with Gasteiger partial charge >= 0.3 is 0 Å². The third-order valence-corrected chi connectivity index (χ3v) is 1.36. The molecule has 0 fully saturated rings. The summed E-state index contributed by atoms with van der Waals surface area (Å²) in [5.74, 6) is -1.12. The van der Waals surface area contributed by atoms with Crippen molar-refractivity contribution in [3.8, 4) is 0 Å². The molecule has 0 spiro atoms. The van der Waals surface area contributed by atoms with Gasteiger partial charge in [0.05, 0.1) is 12.5 Å². The van der Waals surface area contributed by atoms with Crippen LogP contribution in [0.4, 0.5) is 0 Å². The van der Waals surface area contributed by atoms with Crippen LogP contribution in [-0.2, 0) is 4.79 Å². The van der Waals surface area contributed by atoms with Crippen molar-refractivity contribution in [3.05, 3.63) is 22.9 Å². The summed E-state index contributed by atoms with van der Waals surface area (Å²) in [4.78, 5) is 16.6. The SMILES string of the molecule is [C-]#[N+]C(C(=O)[O-])=C(N(C)C)N(C)C. The van der Waals surface area contributed by atoms with E-state index in [1.165, 1.54) is 0 Å². The van der Waals surface area contributed by atoms with E-state index in [2.05, 4.69) is 4.85 Å². The van der Waals surface area contributed by atoms with E-state index in [4.69, 9.17) is 6.57 Å². The zero-order valence-corrected chi connectivity index (χ0v) is 8.16. The standard InChI is InChI=1S/C8H13N3O2/c1-9-6(8(12)13)7(10(2)3)11(4)5/h2-5H3,(H,12,13)/p-1. The monoisotopic (exact) mass is 182 g/mol. The van der Waals surface area contributed by atoms with Gasteiger partial charge in [-0.05, 0) is 0 Å². The van der Waals surface area contributed by atoms with Crippen molar-refractivity contribution >= 4 is 5.97 Å². The third kappa shape index (κ3) is 2.67. The molecular weight excluding hydrogens is 170 g/mol. The topological polar surface area (TPSA) is 51.0 Å². The van der Waals surface area contributed by atoms with E-state index in [9.17, 15) is 9.90 Å². The van der Waals surface area contributed by atoms with Crippen LogP contribution >= 0.6 is 0 Å². The predicted molar refractivity (Wildman–Crippen MR) is 46.0 cm³/mol. The first-order valence-electron chi connectivity index (χ1n) is 3.59. The number of carboxylic acid groups (broad SMARTS) is 1. The lowest BCUT2D eigenvalue weighted by Gasteiger charge is -2.26. The van der Waals surface area contributed by atoms with Crippen molar-refractivity contribution in [3.63, 3.8) is 0 Å². The number of carbonyl (C=O) groups excluding carboxylic acids is 1. The molecule has 0 aromatic heterocycles. The Kier molecular flexibility index (Phi) is 3.79. The Labute approximate surface area is 77.7 Å². The molecule has 0 saturated heterocycles. The van der Waals surface area contributed by atoms with Crippen LogP contribution in [0.3, 0.4) is 0 Å². The molecule has 13 heavy (non-hydrogen) atoms. The number of hydrogen-bond acceptors (Lipinski definition) is 4. The van der Waals surface area contributed by atoms with Gasteiger partial charge in [-0.15, -0.1) is 0 Å². The molecule has 0 aliphatic rings. The van der Waals surface area contributed by atoms with Crippen molar-refractivity contribution < 1.29 is 9.90 Å². The summed E-state index contributed by atoms with van der Waals surface area (Å²) in [6.07, 6.45) is 0. The molecule has 0 aromatic rings. The van der Waals surface area contributed by atoms with Gasteiger partial charge in [0.15, 0.2) is 0 Å². The summed E-state index contributed by atoms with van der Waals surface area (Å²) in [5.41, 5.74) is -0.380. The fourth-order valence-corrected chi connectivity index (χ4v) is 1.01. The molecular formula is C8H12N3O2-. The highest BCUT2D eigenvalue weighted by molar-refractivity contribution is 5.87. The second-order valence-corrected chi connectivity index (χ2v) is 2.86. The van der Waals surface area contributed by atoms with Gasteiger partial charge in [0, 0.05) is 28.2 Å². The first-order chi connectivity index (χ1) is 5.91. The first kappa shape index (κ1) is 11.3. The number of carbonyl (C=O) groups is 1. The second kappa shape index (κ2) is 4.36. The fourth-order valence-electron chi connectivity index (χ4n) is 1.01. The van der Waals surface area contributed by atoms with Gasteiger partial charge in [0.25, 0.3) is 0 Å². The van der Waals surface area contributed by atoms with Crippen LogP contribution in [0.2, 0.25) is 0 Å². The van der Waals surface area contributed by atoms with Crippen molar-refractivity contribution in [1.82, 2.24) is 9.80 Å². The van der Waals surface area contributed by atoms with E-state index in [1.54, 1.807) is 38.0 Å². The van der Waals surface area contributed by atoms with Crippen LogP contribution in [0.1, 0.15) is 0 Å². The highest BCUT2D eigenvalue weighted by Gasteiger charge is 2.11. The summed E-state index contributed by atoms with van der Waals surface area (Å²) in [6, 6.07) is 0. The highest BCUT2D eigenvalue weighted by atomic mass is 16.4. The molecule has 0 heterocycles. The Morgan fingerprint density at radius 3 is 1.69 bits per heavy atom. The summed E-state index contributed by atoms with van der Waals surface area (Å²) >= 11 is 0. The minimum atomic E-state index is -1.45. The smallest absolute Gasteiger partial charge is 0.248 e.